The minimum atomic E-state index is 0.372. The third-order valence-corrected chi connectivity index (χ3v) is 6.38. The quantitative estimate of drug-likeness (QED) is 0.282. The molecule has 0 radical (unpaired) electrons. The molecule has 0 amide bonds. The Morgan fingerprint density at radius 2 is 1.81 bits per heavy atom. The van der Waals surface area contributed by atoms with Crippen molar-refractivity contribution in [1.29, 1.82) is 0 Å². The van der Waals surface area contributed by atoms with Crippen LogP contribution in [0, 0.1) is 0 Å². The summed E-state index contributed by atoms with van der Waals surface area (Å²) in [7, 11) is 1.65. The molecule has 0 saturated heterocycles. The third kappa shape index (κ3) is 3.93. The fourth-order valence-electron chi connectivity index (χ4n) is 3.73. The van der Waals surface area contributed by atoms with Crippen LogP contribution in [0.15, 0.2) is 82.6 Å². The van der Waals surface area contributed by atoms with Crippen LogP contribution in [0.25, 0.3) is 32.5 Å². The number of nitrogens with two attached hydrogens (primary N) is 1. The number of benzene rings is 3. The van der Waals surface area contributed by atoms with Gasteiger partial charge in [-0.15, -0.1) is 11.3 Å². The van der Waals surface area contributed by atoms with Crippen LogP contribution in [0.4, 0.5) is 5.88 Å². The minimum Gasteiger partial charge on any atom is -0.497 e. The first-order valence-electron chi connectivity index (χ1n) is 10.0. The van der Waals surface area contributed by atoms with Crippen molar-refractivity contribution in [3.05, 3.63) is 88.8 Å². The van der Waals surface area contributed by atoms with E-state index in [0.29, 0.717) is 28.8 Å². The predicted octanol–water partition coefficient (Wildman–Crippen LogP) is 7.65. The fourth-order valence-corrected chi connectivity index (χ4v) is 4.72. The van der Waals surface area contributed by atoms with Gasteiger partial charge in [-0.05, 0) is 64.5 Å². The smallest absolute Gasteiger partial charge is 0.200 e. The van der Waals surface area contributed by atoms with E-state index in [0.717, 1.165) is 38.3 Å². The Morgan fingerprint density at radius 1 is 0.969 bits per heavy atom. The monoisotopic (exact) mass is 461 g/mol. The van der Waals surface area contributed by atoms with Gasteiger partial charge in [-0.1, -0.05) is 41.9 Å². The number of anilines is 1. The highest BCUT2D eigenvalue weighted by Gasteiger charge is 2.20. The molecule has 3 aromatic carbocycles. The summed E-state index contributed by atoms with van der Waals surface area (Å²) in [6.45, 7) is 0.372. The Balaban J connectivity index is 1.64. The molecule has 5 aromatic rings. The molecule has 0 unspecified atom stereocenters. The van der Waals surface area contributed by atoms with E-state index >= 15 is 0 Å². The topological polar surface area (TPSA) is 57.6 Å². The van der Waals surface area contributed by atoms with Crippen LogP contribution in [0.1, 0.15) is 5.56 Å². The van der Waals surface area contributed by atoms with Crippen molar-refractivity contribution < 1.29 is 13.9 Å². The molecular formula is C26H20ClNO3S. The molecule has 0 atom stereocenters. The molecule has 2 heterocycles. The maximum Gasteiger partial charge on any atom is 0.200 e. The number of hydrogen-bond donors (Lipinski definition) is 1. The zero-order valence-electron chi connectivity index (χ0n) is 17.3. The van der Waals surface area contributed by atoms with Crippen molar-refractivity contribution >= 4 is 39.8 Å². The second kappa shape index (κ2) is 8.61. The number of methoxy groups -OCH3 is 1. The molecular weight excluding hydrogens is 442 g/mol. The maximum atomic E-state index is 6.33. The summed E-state index contributed by atoms with van der Waals surface area (Å²) in [6, 6.07) is 23.6. The van der Waals surface area contributed by atoms with E-state index in [-0.39, 0.29) is 0 Å². The summed E-state index contributed by atoms with van der Waals surface area (Å²) in [5.41, 5.74) is 10.8. The van der Waals surface area contributed by atoms with Gasteiger partial charge in [0.05, 0.1) is 18.1 Å². The fraction of sp³-hybridized carbons (Fsp3) is 0.0769. The molecule has 0 aliphatic carbocycles. The Labute approximate surface area is 194 Å². The van der Waals surface area contributed by atoms with Gasteiger partial charge in [-0.2, -0.15) is 0 Å². The van der Waals surface area contributed by atoms with E-state index in [1.54, 1.807) is 18.4 Å². The van der Waals surface area contributed by atoms with Gasteiger partial charge in [0.25, 0.3) is 0 Å². The molecule has 5 rings (SSSR count). The van der Waals surface area contributed by atoms with Crippen LogP contribution in [-0.4, -0.2) is 7.11 Å². The molecule has 0 bridgehead atoms. The van der Waals surface area contributed by atoms with E-state index in [2.05, 4.69) is 0 Å². The average Bonchev–Trinajstić information content (AvgIpc) is 3.44. The van der Waals surface area contributed by atoms with Crippen molar-refractivity contribution in [2.75, 3.05) is 12.8 Å². The highest BCUT2D eigenvalue weighted by molar-refractivity contribution is 7.13. The number of thiophene rings is 1. The Kier molecular flexibility index (Phi) is 5.52. The molecule has 0 aliphatic rings. The summed E-state index contributed by atoms with van der Waals surface area (Å²) in [6.07, 6.45) is 0. The van der Waals surface area contributed by atoms with Crippen LogP contribution >= 0.6 is 22.9 Å². The highest BCUT2D eigenvalue weighted by Crippen LogP contribution is 2.45. The maximum absolute atomic E-state index is 6.33. The number of nitrogen functional groups attached to an aromatic ring is 1. The number of rotatable bonds is 6. The number of halogens is 1. The second-order valence-corrected chi connectivity index (χ2v) is 8.70. The largest absolute Gasteiger partial charge is 0.497 e. The van der Waals surface area contributed by atoms with E-state index < -0.39 is 0 Å². The zero-order valence-corrected chi connectivity index (χ0v) is 18.9. The first kappa shape index (κ1) is 20.5. The van der Waals surface area contributed by atoms with Crippen LogP contribution in [0.3, 0.4) is 0 Å². The predicted molar refractivity (Wildman–Crippen MR) is 132 cm³/mol. The summed E-state index contributed by atoms with van der Waals surface area (Å²) >= 11 is 7.76. The minimum absolute atomic E-state index is 0.372. The van der Waals surface area contributed by atoms with Crippen molar-refractivity contribution in [1.82, 2.24) is 0 Å². The van der Waals surface area contributed by atoms with Gasteiger partial charge in [-0.3, -0.25) is 0 Å². The molecule has 32 heavy (non-hydrogen) atoms. The molecule has 2 N–H and O–H groups in total. The van der Waals surface area contributed by atoms with E-state index in [1.807, 2.05) is 78.2 Å². The number of ether oxygens (including phenoxy) is 2. The van der Waals surface area contributed by atoms with Gasteiger partial charge in [0, 0.05) is 9.90 Å². The summed E-state index contributed by atoms with van der Waals surface area (Å²) in [4.78, 5) is 1.03. The van der Waals surface area contributed by atoms with Gasteiger partial charge in [-0.25, -0.2) is 0 Å². The SMILES string of the molecule is COc1ccc(-c2cc(OCc3cccc(Cl)c3)c3c(-c4cccs4)c(N)oc3c2)cc1. The normalized spacial score (nSPS) is 11.1. The Bertz CT molecular complexity index is 1370. The van der Waals surface area contributed by atoms with E-state index in [1.165, 1.54) is 0 Å². The lowest BCUT2D eigenvalue weighted by Crippen LogP contribution is -1.97. The van der Waals surface area contributed by atoms with Crippen molar-refractivity contribution in [3.63, 3.8) is 0 Å². The molecule has 0 saturated carbocycles. The van der Waals surface area contributed by atoms with Gasteiger partial charge in [0.1, 0.15) is 23.7 Å². The number of hydrogen-bond acceptors (Lipinski definition) is 5. The van der Waals surface area contributed by atoms with Crippen LogP contribution in [-0.2, 0) is 6.61 Å². The zero-order chi connectivity index (χ0) is 22.1. The van der Waals surface area contributed by atoms with Gasteiger partial charge in [0.15, 0.2) is 0 Å². The lowest BCUT2D eigenvalue weighted by molar-refractivity contribution is 0.310. The average molecular weight is 462 g/mol. The summed E-state index contributed by atoms with van der Waals surface area (Å²) in [5, 5.41) is 3.56. The summed E-state index contributed by atoms with van der Waals surface area (Å²) in [5.74, 6) is 1.88. The Morgan fingerprint density at radius 3 is 2.53 bits per heavy atom. The molecule has 160 valence electrons. The molecule has 6 heteroatoms. The third-order valence-electron chi connectivity index (χ3n) is 5.26. The molecule has 0 aliphatic heterocycles. The molecule has 2 aromatic heterocycles. The van der Waals surface area contributed by atoms with E-state index in [9.17, 15) is 0 Å². The van der Waals surface area contributed by atoms with Crippen molar-refractivity contribution in [3.8, 4) is 33.1 Å². The van der Waals surface area contributed by atoms with E-state index in [4.69, 9.17) is 31.2 Å². The molecule has 0 spiro atoms. The number of fused-ring (bicyclic) bond motifs is 1. The Hall–Kier alpha value is -3.41. The van der Waals surface area contributed by atoms with Crippen molar-refractivity contribution in [2.45, 2.75) is 6.61 Å². The first-order chi connectivity index (χ1) is 15.6. The highest BCUT2D eigenvalue weighted by atomic mass is 35.5. The van der Waals surface area contributed by atoms with Crippen LogP contribution in [0.2, 0.25) is 5.02 Å². The molecule has 4 nitrogen and oxygen atoms in total. The van der Waals surface area contributed by atoms with Gasteiger partial charge < -0.3 is 19.6 Å². The number of furan rings is 1. The lowest BCUT2D eigenvalue weighted by atomic mass is 10.0. The van der Waals surface area contributed by atoms with Gasteiger partial charge >= 0.3 is 0 Å². The second-order valence-electron chi connectivity index (χ2n) is 7.31. The summed E-state index contributed by atoms with van der Waals surface area (Å²) < 4.78 is 17.6. The van der Waals surface area contributed by atoms with Crippen LogP contribution < -0.4 is 15.2 Å². The molecule has 0 fully saturated rings. The first-order valence-corrected chi connectivity index (χ1v) is 11.3. The lowest BCUT2D eigenvalue weighted by Gasteiger charge is -2.12. The standard InChI is InChI=1S/C26H20ClNO3S/c1-29-20-9-7-17(8-10-20)18-13-21(30-15-16-4-2-5-19(27)12-16)24-22(14-18)31-26(28)25(24)23-6-3-11-32-23/h2-14H,15,28H2,1H3. The van der Waals surface area contributed by atoms with Crippen molar-refractivity contribution in [2.24, 2.45) is 0 Å². The van der Waals surface area contributed by atoms with Crippen LogP contribution in [0.5, 0.6) is 11.5 Å². The van der Waals surface area contributed by atoms with Gasteiger partial charge in [0.2, 0.25) is 5.88 Å².